The second-order valence-corrected chi connectivity index (χ2v) is 7.35. The molecule has 0 bridgehead atoms. The molecule has 0 saturated heterocycles. The van der Waals surface area contributed by atoms with Crippen molar-refractivity contribution in [2.75, 3.05) is 6.54 Å². The Hall–Kier alpha value is -1.84. The van der Waals surface area contributed by atoms with Gasteiger partial charge in [-0.3, -0.25) is 4.98 Å². The Morgan fingerprint density at radius 3 is 2.50 bits per heavy atom. The Morgan fingerprint density at radius 2 is 1.87 bits per heavy atom. The number of alkyl halides is 3. The first-order valence-electron chi connectivity index (χ1n) is 10.1. The molecule has 1 heterocycles. The van der Waals surface area contributed by atoms with E-state index in [1.807, 2.05) is 43.3 Å². The van der Waals surface area contributed by atoms with Crippen molar-refractivity contribution in [2.45, 2.75) is 51.4 Å². The molecule has 0 unspecified atom stereocenters. The van der Waals surface area contributed by atoms with E-state index in [-0.39, 0.29) is 42.9 Å². The fourth-order valence-electron chi connectivity index (χ4n) is 3.61. The van der Waals surface area contributed by atoms with E-state index < -0.39 is 12.1 Å². The number of guanidine groups is 1. The first-order chi connectivity index (χ1) is 14.0. The molecule has 2 aromatic rings. The third kappa shape index (κ3) is 7.14. The molecule has 0 amide bonds. The summed E-state index contributed by atoms with van der Waals surface area (Å²) in [5.74, 6) is -0.527. The van der Waals surface area contributed by atoms with Gasteiger partial charge in [0, 0.05) is 24.3 Å². The summed E-state index contributed by atoms with van der Waals surface area (Å²) in [7, 11) is 0. The second-order valence-electron chi connectivity index (χ2n) is 7.35. The molecule has 1 aromatic heterocycles. The summed E-state index contributed by atoms with van der Waals surface area (Å²) in [5.41, 5.74) is 2.98. The first kappa shape index (κ1) is 24.4. The van der Waals surface area contributed by atoms with E-state index in [1.54, 1.807) is 6.20 Å². The van der Waals surface area contributed by atoms with Crippen LogP contribution in [-0.4, -0.2) is 29.7 Å². The van der Waals surface area contributed by atoms with Crippen molar-refractivity contribution >= 4 is 29.9 Å². The molecule has 2 N–H and O–H groups in total. The third-order valence-electron chi connectivity index (χ3n) is 5.18. The minimum Gasteiger partial charge on any atom is -0.357 e. The molecule has 1 saturated carbocycles. The molecular weight excluding hydrogens is 504 g/mol. The molecule has 1 aromatic carbocycles. The van der Waals surface area contributed by atoms with E-state index in [9.17, 15) is 13.2 Å². The first-order valence-corrected chi connectivity index (χ1v) is 10.1. The lowest BCUT2D eigenvalue weighted by atomic mass is 9.85. The molecule has 164 valence electrons. The van der Waals surface area contributed by atoms with Crippen molar-refractivity contribution in [1.82, 2.24) is 15.6 Å². The van der Waals surface area contributed by atoms with Gasteiger partial charge in [0.15, 0.2) is 5.96 Å². The summed E-state index contributed by atoms with van der Waals surface area (Å²) in [4.78, 5) is 9.01. The van der Waals surface area contributed by atoms with Crippen LogP contribution in [0, 0.1) is 5.92 Å². The quantitative estimate of drug-likeness (QED) is 0.302. The fourth-order valence-corrected chi connectivity index (χ4v) is 3.61. The van der Waals surface area contributed by atoms with Gasteiger partial charge >= 0.3 is 6.18 Å². The molecule has 0 spiro atoms. The van der Waals surface area contributed by atoms with Crippen LogP contribution in [0.5, 0.6) is 0 Å². The van der Waals surface area contributed by atoms with Gasteiger partial charge in [-0.2, -0.15) is 13.2 Å². The number of aliphatic imine (C=N–C) groups is 1. The van der Waals surface area contributed by atoms with Crippen LogP contribution in [0.2, 0.25) is 0 Å². The zero-order valence-electron chi connectivity index (χ0n) is 17.0. The minimum atomic E-state index is -4.08. The minimum absolute atomic E-state index is 0. The van der Waals surface area contributed by atoms with Gasteiger partial charge in [-0.15, -0.1) is 24.0 Å². The van der Waals surface area contributed by atoms with E-state index in [0.717, 1.165) is 16.8 Å². The number of hydrogen-bond acceptors (Lipinski definition) is 2. The standard InChI is InChI=1S/C22H27F3N4.HI/c1-2-26-21(29-19-11-9-18(10-12-19)22(23,24)25)28-15-16-6-5-7-17(14-16)20-8-3-4-13-27-20;/h3-8,13-14,18-19H,2,9-12,15H2,1H3,(H2,26,28,29);1H. The average Bonchev–Trinajstić information content (AvgIpc) is 2.73. The van der Waals surface area contributed by atoms with Crippen LogP contribution in [0.25, 0.3) is 11.3 Å². The molecule has 30 heavy (non-hydrogen) atoms. The number of hydrogen-bond donors (Lipinski definition) is 2. The maximum atomic E-state index is 12.9. The summed E-state index contributed by atoms with van der Waals surface area (Å²) in [6.45, 7) is 3.14. The predicted octanol–water partition coefficient (Wildman–Crippen LogP) is 5.54. The summed E-state index contributed by atoms with van der Waals surface area (Å²) in [6, 6.07) is 13.9. The Bertz CT molecular complexity index is 804. The highest BCUT2D eigenvalue weighted by atomic mass is 127. The fraction of sp³-hybridized carbons (Fsp3) is 0.455. The Labute approximate surface area is 192 Å². The number of aromatic nitrogens is 1. The molecule has 1 aliphatic rings. The topological polar surface area (TPSA) is 49.3 Å². The lowest BCUT2D eigenvalue weighted by Gasteiger charge is -2.31. The summed E-state index contributed by atoms with van der Waals surface area (Å²) in [6.07, 6.45) is -0.962. The maximum absolute atomic E-state index is 12.9. The van der Waals surface area contributed by atoms with E-state index in [4.69, 9.17) is 0 Å². The van der Waals surface area contributed by atoms with Crippen molar-refractivity contribution in [1.29, 1.82) is 0 Å². The van der Waals surface area contributed by atoms with Crippen LogP contribution in [0.1, 0.15) is 38.2 Å². The van der Waals surface area contributed by atoms with Crippen LogP contribution in [0.15, 0.2) is 53.7 Å². The van der Waals surface area contributed by atoms with Crippen molar-refractivity contribution in [2.24, 2.45) is 10.9 Å². The van der Waals surface area contributed by atoms with E-state index in [1.165, 1.54) is 0 Å². The van der Waals surface area contributed by atoms with E-state index >= 15 is 0 Å². The summed E-state index contributed by atoms with van der Waals surface area (Å²) >= 11 is 0. The zero-order chi connectivity index (χ0) is 20.7. The largest absolute Gasteiger partial charge is 0.391 e. The van der Waals surface area contributed by atoms with Gasteiger partial charge in [-0.1, -0.05) is 24.3 Å². The molecule has 3 rings (SSSR count). The van der Waals surface area contributed by atoms with Crippen molar-refractivity contribution in [3.8, 4) is 11.3 Å². The highest BCUT2D eigenvalue weighted by molar-refractivity contribution is 14.0. The molecule has 0 atom stereocenters. The Balaban J connectivity index is 0.00000320. The number of rotatable bonds is 5. The van der Waals surface area contributed by atoms with Crippen molar-refractivity contribution < 1.29 is 13.2 Å². The maximum Gasteiger partial charge on any atom is 0.391 e. The van der Waals surface area contributed by atoms with Crippen LogP contribution >= 0.6 is 24.0 Å². The lowest BCUT2D eigenvalue weighted by Crippen LogP contribution is -2.45. The Kier molecular flexibility index (Phi) is 9.38. The van der Waals surface area contributed by atoms with Crippen molar-refractivity contribution in [3.05, 3.63) is 54.2 Å². The number of nitrogens with one attached hydrogen (secondary N) is 2. The van der Waals surface area contributed by atoms with Gasteiger partial charge in [0.2, 0.25) is 0 Å². The SMILES string of the molecule is CCNC(=NCc1cccc(-c2ccccn2)c1)NC1CCC(C(F)(F)F)CC1.I. The third-order valence-corrected chi connectivity index (χ3v) is 5.18. The number of nitrogens with zero attached hydrogens (tertiary/aromatic N) is 2. The monoisotopic (exact) mass is 532 g/mol. The molecule has 4 nitrogen and oxygen atoms in total. The number of halogens is 4. The van der Waals surface area contributed by atoms with Crippen LogP contribution < -0.4 is 10.6 Å². The molecule has 0 radical (unpaired) electrons. The molecule has 1 fully saturated rings. The van der Waals surface area contributed by atoms with Crippen LogP contribution in [0.4, 0.5) is 13.2 Å². The Morgan fingerprint density at radius 1 is 1.10 bits per heavy atom. The molecule has 0 aliphatic heterocycles. The van der Waals surface area contributed by atoms with Gasteiger partial charge in [-0.25, -0.2) is 4.99 Å². The van der Waals surface area contributed by atoms with Gasteiger partial charge in [0.05, 0.1) is 18.2 Å². The molecule has 8 heteroatoms. The summed E-state index contributed by atoms with van der Waals surface area (Å²) < 4.78 is 38.6. The molecular formula is C22H28F3IN4. The smallest absolute Gasteiger partial charge is 0.357 e. The number of pyridine rings is 1. The highest BCUT2D eigenvalue weighted by Crippen LogP contribution is 2.37. The average molecular weight is 532 g/mol. The van der Waals surface area contributed by atoms with Gasteiger partial charge in [0.25, 0.3) is 0 Å². The number of benzene rings is 1. The molecule has 1 aliphatic carbocycles. The van der Waals surface area contributed by atoms with Gasteiger partial charge < -0.3 is 10.6 Å². The van der Waals surface area contributed by atoms with E-state index in [0.29, 0.717) is 31.9 Å². The normalized spacial score (nSPS) is 19.7. The van der Waals surface area contributed by atoms with Crippen LogP contribution in [0.3, 0.4) is 0 Å². The van der Waals surface area contributed by atoms with Gasteiger partial charge in [-0.05, 0) is 56.4 Å². The summed E-state index contributed by atoms with van der Waals surface area (Å²) in [5, 5.41) is 6.50. The highest BCUT2D eigenvalue weighted by Gasteiger charge is 2.41. The van der Waals surface area contributed by atoms with Gasteiger partial charge in [0.1, 0.15) is 0 Å². The van der Waals surface area contributed by atoms with Crippen LogP contribution in [-0.2, 0) is 6.54 Å². The lowest BCUT2D eigenvalue weighted by molar-refractivity contribution is -0.182. The zero-order valence-corrected chi connectivity index (χ0v) is 19.3. The second kappa shape index (κ2) is 11.5. The van der Waals surface area contributed by atoms with E-state index in [2.05, 4.69) is 26.7 Å². The predicted molar refractivity (Wildman–Crippen MR) is 125 cm³/mol. The van der Waals surface area contributed by atoms with Crippen molar-refractivity contribution in [3.63, 3.8) is 0 Å².